The molecule has 6 heteroatoms. The van der Waals surface area contributed by atoms with Gasteiger partial charge in [-0.25, -0.2) is 0 Å². The molecule has 114 valence electrons. The molecule has 1 aromatic heterocycles. The van der Waals surface area contributed by atoms with Crippen molar-refractivity contribution in [3.8, 4) is 5.75 Å². The molecule has 3 N–H and O–H groups in total. The number of hydrogen-bond donors (Lipinski definition) is 2. The van der Waals surface area contributed by atoms with Crippen LogP contribution < -0.4 is 15.8 Å². The zero-order valence-corrected chi connectivity index (χ0v) is 14.1. The Bertz CT molecular complexity index is 640. The molecule has 0 saturated carbocycles. The maximum absolute atomic E-state index is 12.4. The van der Waals surface area contributed by atoms with Crippen molar-refractivity contribution < 1.29 is 9.53 Å². The van der Waals surface area contributed by atoms with Crippen LogP contribution in [0.3, 0.4) is 0 Å². The molecule has 2 aromatic rings. The SMILES string of the molecule is CCSCC(C)NC(=O)c1sc2cccc(OC)c2c1N. The van der Waals surface area contributed by atoms with Gasteiger partial charge in [0.25, 0.3) is 5.91 Å². The van der Waals surface area contributed by atoms with Crippen molar-refractivity contribution >= 4 is 44.8 Å². The summed E-state index contributed by atoms with van der Waals surface area (Å²) in [6, 6.07) is 5.83. The number of amides is 1. The molecule has 1 aromatic carbocycles. The van der Waals surface area contributed by atoms with Crippen molar-refractivity contribution in [2.45, 2.75) is 19.9 Å². The minimum atomic E-state index is -0.111. The van der Waals surface area contributed by atoms with Crippen molar-refractivity contribution in [1.29, 1.82) is 0 Å². The number of benzene rings is 1. The summed E-state index contributed by atoms with van der Waals surface area (Å²) in [6.07, 6.45) is 0. The van der Waals surface area contributed by atoms with Gasteiger partial charge in [0.2, 0.25) is 0 Å². The van der Waals surface area contributed by atoms with Gasteiger partial charge in [0.05, 0.1) is 18.2 Å². The lowest BCUT2D eigenvalue weighted by Crippen LogP contribution is -2.34. The van der Waals surface area contributed by atoms with E-state index in [-0.39, 0.29) is 11.9 Å². The number of fused-ring (bicyclic) bond motifs is 1. The number of anilines is 1. The molecule has 4 nitrogen and oxygen atoms in total. The standard InChI is InChI=1S/C15H20N2O2S2/c1-4-20-8-9(2)17-15(18)14-13(16)12-10(19-3)6-5-7-11(12)21-14/h5-7,9H,4,8,16H2,1-3H3,(H,17,18). The Hall–Kier alpha value is -1.40. The molecular formula is C15H20N2O2S2. The Morgan fingerprint density at radius 3 is 2.95 bits per heavy atom. The molecule has 0 aliphatic rings. The average molecular weight is 324 g/mol. The van der Waals surface area contributed by atoms with E-state index in [1.165, 1.54) is 11.3 Å². The Morgan fingerprint density at radius 1 is 1.52 bits per heavy atom. The topological polar surface area (TPSA) is 64.3 Å². The van der Waals surface area contributed by atoms with E-state index in [0.29, 0.717) is 16.3 Å². The van der Waals surface area contributed by atoms with Crippen LogP contribution in [0.2, 0.25) is 0 Å². The number of rotatable bonds is 6. The number of carbonyl (C=O) groups is 1. The van der Waals surface area contributed by atoms with Gasteiger partial charge in [0, 0.05) is 16.5 Å². The monoisotopic (exact) mass is 324 g/mol. The van der Waals surface area contributed by atoms with E-state index in [0.717, 1.165) is 21.6 Å². The zero-order valence-electron chi connectivity index (χ0n) is 12.4. The van der Waals surface area contributed by atoms with Crippen molar-refractivity contribution in [3.63, 3.8) is 0 Å². The first-order valence-corrected chi connectivity index (χ1v) is 8.79. The van der Waals surface area contributed by atoms with Crippen LogP contribution in [0.5, 0.6) is 5.75 Å². The first kappa shape index (κ1) is 16.0. The molecule has 0 spiro atoms. The Kier molecular flexibility index (Phi) is 5.36. The second kappa shape index (κ2) is 7.04. The molecule has 2 rings (SSSR count). The highest BCUT2D eigenvalue weighted by molar-refractivity contribution is 7.99. The number of nitrogen functional groups attached to an aromatic ring is 1. The predicted molar refractivity (Wildman–Crippen MR) is 92.7 cm³/mol. The lowest BCUT2D eigenvalue weighted by atomic mass is 10.2. The van der Waals surface area contributed by atoms with E-state index >= 15 is 0 Å². The summed E-state index contributed by atoms with van der Waals surface area (Å²) in [5.74, 6) is 2.54. The molecule has 1 unspecified atom stereocenters. The van der Waals surface area contributed by atoms with Crippen molar-refractivity contribution in [2.75, 3.05) is 24.3 Å². The molecule has 0 bridgehead atoms. The number of thioether (sulfide) groups is 1. The van der Waals surface area contributed by atoms with Crippen molar-refractivity contribution in [1.82, 2.24) is 5.32 Å². The van der Waals surface area contributed by atoms with E-state index in [9.17, 15) is 4.79 Å². The zero-order chi connectivity index (χ0) is 15.4. The number of nitrogens with one attached hydrogen (secondary N) is 1. The second-order valence-electron chi connectivity index (χ2n) is 4.71. The minimum Gasteiger partial charge on any atom is -0.496 e. The van der Waals surface area contributed by atoms with Crippen LogP contribution >= 0.6 is 23.1 Å². The number of ether oxygens (including phenoxy) is 1. The van der Waals surface area contributed by atoms with Crippen molar-refractivity contribution in [3.05, 3.63) is 23.1 Å². The van der Waals surface area contributed by atoms with Gasteiger partial charge >= 0.3 is 0 Å². The fraction of sp³-hybridized carbons (Fsp3) is 0.400. The molecule has 0 aliphatic heterocycles. The molecule has 0 aliphatic carbocycles. The van der Waals surface area contributed by atoms with Crippen LogP contribution in [0.4, 0.5) is 5.69 Å². The Morgan fingerprint density at radius 2 is 2.29 bits per heavy atom. The first-order chi connectivity index (χ1) is 10.1. The third-order valence-electron chi connectivity index (χ3n) is 3.09. The lowest BCUT2D eigenvalue weighted by molar-refractivity contribution is 0.0948. The number of nitrogens with two attached hydrogens (primary N) is 1. The molecular weight excluding hydrogens is 304 g/mol. The third kappa shape index (κ3) is 3.44. The predicted octanol–water partition coefficient (Wildman–Crippen LogP) is 3.36. The van der Waals surface area contributed by atoms with Crippen molar-refractivity contribution in [2.24, 2.45) is 0 Å². The Labute approximate surface area is 133 Å². The lowest BCUT2D eigenvalue weighted by Gasteiger charge is -2.12. The molecule has 21 heavy (non-hydrogen) atoms. The van der Waals surface area contributed by atoms with E-state index in [1.807, 2.05) is 25.1 Å². The van der Waals surface area contributed by atoms with E-state index in [1.54, 1.807) is 18.9 Å². The van der Waals surface area contributed by atoms with Gasteiger partial charge < -0.3 is 15.8 Å². The van der Waals surface area contributed by atoms with Crippen LogP contribution in [0.1, 0.15) is 23.5 Å². The fourth-order valence-electron chi connectivity index (χ4n) is 2.10. The van der Waals surface area contributed by atoms with Crippen LogP contribution in [0.15, 0.2) is 18.2 Å². The number of carbonyl (C=O) groups excluding carboxylic acids is 1. The summed E-state index contributed by atoms with van der Waals surface area (Å²) in [6.45, 7) is 4.11. The molecule has 1 heterocycles. The highest BCUT2D eigenvalue weighted by Gasteiger charge is 2.20. The maximum Gasteiger partial charge on any atom is 0.263 e. The highest BCUT2D eigenvalue weighted by atomic mass is 32.2. The number of hydrogen-bond acceptors (Lipinski definition) is 5. The summed E-state index contributed by atoms with van der Waals surface area (Å²) in [4.78, 5) is 12.9. The maximum atomic E-state index is 12.4. The van der Waals surface area contributed by atoms with Crippen LogP contribution in [0.25, 0.3) is 10.1 Å². The van der Waals surface area contributed by atoms with E-state index < -0.39 is 0 Å². The van der Waals surface area contributed by atoms with E-state index in [2.05, 4.69) is 12.2 Å². The molecule has 0 saturated heterocycles. The minimum absolute atomic E-state index is 0.111. The van der Waals surface area contributed by atoms with Gasteiger partial charge in [-0.3, -0.25) is 4.79 Å². The second-order valence-corrected chi connectivity index (χ2v) is 7.08. The smallest absolute Gasteiger partial charge is 0.263 e. The van der Waals surface area contributed by atoms with Gasteiger partial charge in [0.1, 0.15) is 10.6 Å². The van der Waals surface area contributed by atoms with Crippen LogP contribution in [-0.4, -0.2) is 30.6 Å². The van der Waals surface area contributed by atoms with Crippen LogP contribution in [-0.2, 0) is 0 Å². The van der Waals surface area contributed by atoms with Gasteiger partial charge in [-0.15, -0.1) is 11.3 Å². The molecule has 1 atom stereocenters. The Balaban J connectivity index is 2.26. The highest BCUT2D eigenvalue weighted by Crippen LogP contribution is 2.39. The number of methoxy groups -OCH3 is 1. The fourth-order valence-corrected chi connectivity index (χ4v) is 3.82. The van der Waals surface area contributed by atoms with Gasteiger partial charge in [-0.2, -0.15) is 11.8 Å². The largest absolute Gasteiger partial charge is 0.496 e. The van der Waals surface area contributed by atoms with E-state index in [4.69, 9.17) is 10.5 Å². The van der Waals surface area contributed by atoms with Crippen LogP contribution in [0, 0.1) is 0 Å². The summed E-state index contributed by atoms with van der Waals surface area (Å²) >= 11 is 3.21. The summed E-state index contributed by atoms with van der Waals surface area (Å²) in [7, 11) is 1.61. The molecule has 0 fully saturated rings. The number of thiophene rings is 1. The van der Waals surface area contributed by atoms with Gasteiger partial charge in [-0.1, -0.05) is 13.0 Å². The summed E-state index contributed by atoms with van der Waals surface area (Å²) in [5.41, 5.74) is 6.66. The molecule has 1 amide bonds. The first-order valence-electron chi connectivity index (χ1n) is 6.82. The molecule has 0 radical (unpaired) electrons. The summed E-state index contributed by atoms with van der Waals surface area (Å²) < 4.78 is 6.29. The normalized spacial score (nSPS) is 12.3. The van der Waals surface area contributed by atoms with Gasteiger partial charge in [-0.05, 0) is 24.8 Å². The quantitative estimate of drug-likeness (QED) is 0.855. The van der Waals surface area contributed by atoms with Gasteiger partial charge in [0.15, 0.2) is 0 Å². The third-order valence-corrected chi connectivity index (χ3v) is 5.40. The summed E-state index contributed by atoms with van der Waals surface area (Å²) in [5, 5.41) is 3.82. The average Bonchev–Trinajstić information content (AvgIpc) is 2.82.